The summed E-state index contributed by atoms with van der Waals surface area (Å²) in [5, 5.41) is 3.81. The summed E-state index contributed by atoms with van der Waals surface area (Å²) in [7, 11) is 0. The maximum absolute atomic E-state index is 12.5. The molecule has 6 heteroatoms. The molecule has 0 radical (unpaired) electrons. The van der Waals surface area contributed by atoms with Gasteiger partial charge in [0.25, 0.3) is 0 Å². The highest BCUT2D eigenvalue weighted by atomic mass is 35.5. The number of anilines is 1. The molecule has 1 unspecified atom stereocenters. The van der Waals surface area contributed by atoms with Crippen LogP contribution in [0.5, 0.6) is 0 Å². The number of carbonyl (C=O) groups excluding carboxylic acids is 1. The largest absolute Gasteiger partial charge is 0.379 e. The van der Waals surface area contributed by atoms with Crippen LogP contribution in [0.2, 0.25) is 0 Å². The lowest BCUT2D eigenvalue weighted by molar-refractivity contribution is -0.118. The van der Waals surface area contributed by atoms with Crippen molar-refractivity contribution < 1.29 is 9.53 Å². The van der Waals surface area contributed by atoms with Gasteiger partial charge in [-0.05, 0) is 36.6 Å². The van der Waals surface area contributed by atoms with E-state index in [1.165, 1.54) is 5.56 Å². The molecule has 2 aliphatic heterocycles. The van der Waals surface area contributed by atoms with Gasteiger partial charge in [0.2, 0.25) is 5.91 Å². The number of ether oxygens (including phenoxy) is 1. The number of nitrogens with zero attached hydrogens (tertiary/aromatic N) is 2. The average molecular weight is 346 g/mol. The van der Waals surface area contributed by atoms with Crippen LogP contribution >= 0.6 is 11.6 Å². The zero-order valence-electron chi connectivity index (χ0n) is 13.4. The molecule has 1 fully saturated rings. The number of hydrogen-bond donors (Lipinski definition) is 1. The van der Waals surface area contributed by atoms with Gasteiger partial charge in [-0.15, -0.1) is 0 Å². The third-order valence-electron chi connectivity index (χ3n) is 4.73. The van der Waals surface area contributed by atoms with Gasteiger partial charge in [0.05, 0.1) is 36.2 Å². The van der Waals surface area contributed by atoms with Gasteiger partial charge >= 0.3 is 0 Å². The minimum absolute atomic E-state index is 0.0106. The van der Waals surface area contributed by atoms with Crippen LogP contribution in [-0.2, 0) is 16.1 Å². The van der Waals surface area contributed by atoms with Gasteiger partial charge in [-0.2, -0.15) is 0 Å². The summed E-state index contributed by atoms with van der Waals surface area (Å²) < 4.78 is 5.39. The van der Waals surface area contributed by atoms with E-state index >= 15 is 0 Å². The Labute approximate surface area is 146 Å². The fraction of sp³-hybridized carbons (Fsp3) is 0.444. The van der Waals surface area contributed by atoms with E-state index < -0.39 is 0 Å². The lowest BCUT2D eigenvalue weighted by Crippen LogP contribution is -2.35. The Balaban J connectivity index is 1.61. The fourth-order valence-electron chi connectivity index (χ4n) is 3.39. The van der Waals surface area contributed by atoms with Crippen LogP contribution in [0.25, 0.3) is 0 Å². The van der Waals surface area contributed by atoms with Gasteiger partial charge in [0, 0.05) is 24.7 Å². The van der Waals surface area contributed by atoms with Crippen LogP contribution in [0.1, 0.15) is 18.4 Å². The monoisotopic (exact) mass is 345 g/mol. The highest BCUT2D eigenvalue weighted by Gasteiger charge is 2.30. The van der Waals surface area contributed by atoms with Crippen molar-refractivity contribution in [2.45, 2.75) is 19.4 Å². The molecule has 0 spiro atoms. The minimum atomic E-state index is -0.206. The molecule has 4 rings (SSSR count). The van der Waals surface area contributed by atoms with Gasteiger partial charge < -0.3 is 10.1 Å². The van der Waals surface area contributed by atoms with Crippen LogP contribution in [0.4, 0.5) is 11.4 Å². The molecule has 0 saturated carbocycles. The predicted octanol–water partition coefficient (Wildman–Crippen LogP) is 3.08. The van der Waals surface area contributed by atoms with Crippen molar-refractivity contribution in [2.75, 3.05) is 31.6 Å². The molecule has 5 nitrogen and oxygen atoms in total. The van der Waals surface area contributed by atoms with Gasteiger partial charge in [-0.25, -0.2) is 0 Å². The van der Waals surface area contributed by atoms with Gasteiger partial charge in [0.15, 0.2) is 0 Å². The maximum Gasteiger partial charge on any atom is 0.233 e. The molecule has 1 saturated heterocycles. The number of allylic oxidation sites excluding steroid dienone is 2. The third kappa shape index (κ3) is 3.24. The normalized spacial score (nSPS) is 24.2. The van der Waals surface area contributed by atoms with Gasteiger partial charge in [-0.3, -0.25) is 14.7 Å². The Morgan fingerprint density at radius 1 is 1.33 bits per heavy atom. The van der Waals surface area contributed by atoms with E-state index in [1.54, 1.807) is 0 Å². The standard InChI is InChI=1S/C18H20ClN3O2/c19-13-2-3-14-16(10-13)20-15-4-1-12(9-17(15)21-18(14)23)11-22-5-7-24-8-6-22/h1,4,9-10,14H,2-3,5-8,11H2,(H,21,23). The minimum Gasteiger partial charge on any atom is -0.379 e. The zero-order valence-corrected chi connectivity index (χ0v) is 14.2. The molecule has 0 aromatic heterocycles. The topological polar surface area (TPSA) is 53.9 Å². The Hall–Kier alpha value is -1.69. The van der Waals surface area contributed by atoms with Crippen LogP contribution in [0, 0.1) is 5.92 Å². The summed E-state index contributed by atoms with van der Waals surface area (Å²) in [6.45, 7) is 4.31. The molecule has 0 bridgehead atoms. The second kappa shape index (κ2) is 6.67. The first-order valence-electron chi connectivity index (χ1n) is 8.37. The van der Waals surface area contributed by atoms with E-state index in [1.807, 2.05) is 18.2 Å². The van der Waals surface area contributed by atoms with Crippen molar-refractivity contribution >= 4 is 34.6 Å². The second-order valence-electron chi connectivity index (χ2n) is 6.45. The van der Waals surface area contributed by atoms with E-state index in [-0.39, 0.29) is 11.8 Å². The summed E-state index contributed by atoms with van der Waals surface area (Å²) >= 11 is 6.13. The third-order valence-corrected chi connectivity index (χ3v) is 5.03. The van der Waals surface area contributed by atoms with E-state index in [9.17, 15) is 4.79 Å². The average Bonchev–Trinajstić information content (AvgIpc) is 2.71. The summed E-state index contributed by atoms with van der Waals surface area (Å²) in [5.74, 6) is -0.195. The first-order valence-corrected chi connectivity index (χ1v) is 8.75. The van der Waals surface area contributed by atoms with E-state index in [2.05, 4.69) is 21.3 Å². The molecule has 126 valence electrons. The van der Waals surface area contributed by atoms with E-state index in [0.29, 0.717) is 6.42 Å². The summed E-state index contributed by atoms with van der Waals surface area (Å²) in [6.07, 6.45) is 3.29. The highest BCUT2D eigenvalue weighted by Crippen LogP contribution is 2.34. The molecular formula is C18H20ClN3O2. The number of rotatable bonds is 2. The van der Waals surface area contributed by atoms with Crippen LogP contribution in [0.15, 0.2) is 34.3 Å². The van der Waals surface area contributed by atoms with Crippen molar-refractivity contribution in [2.24, 2.45) is 10.9 Å². The molecule has 1 N–H and O–H groups in total. The first-order chi connectivity index (χ1) is 11.7. The van der Waals surface area contributed by atoms with E-state index in [4.69, 9.17) is 16.3 Å². The number of hydrogen-bond acceptors (Lipinski definition) is 4. The number of nitrogens with one attached hydrogen (secondary N) is 1. The predicted molar refractivity (Wildman–Crippen MR) is 94.9 cm³/mol. The Morgan fingerprint density at radius 2 is 2.17 bits per heavy atom. The number of aliphatic imine (C=N–C) groups is 1. The number of amides is 1. The molecule has 3 aliphatic rings. The van der Waals surface area contributed by atoms with E-state index in [0.717, 1.165) is 61.4 Å². The Morgan fingerprint density at radius 3 is 3.00 bits per heavy atom. The number of halogens is 1. The summed E-state index contributed by atoms with van der Waals surface area (Å²) in [6, 6.07) is 6.10. The quantitative estimate of drug-likeness (QED) is 0.896. The Kier molecular flexibility index (Phi) is 4.39. The SMILES string of the molecule is O=C1Nc2cc(CN3CCOCC3)ccc2N=C2C=C(Cl)CCC12. The van der Waals surface area contributed by atoms with Gasteiger partial charge in [0.1, 0.15) is 0 Å². The number of carbonyl (C=O) groups is 1. The van der Waals surface area contributed by atoms with Gasteiger partial charge in [-0.1, -0.05) is 17.7 Å². The van der Waals surface area contributed by atoms with Crippen LogP contribution in [0.3, 0.4) is 0 Å². The summed E-state index contributed by atoms with van der Waals surface area (Å²) in [5.41, 5.74) is 3.53. The molecule has 1 amide bonds. The molecular weight excluding hydrogens is 326 g/mol. The van der Waals surface area contributed by atoms with Crippen LogP contribution < -0.4 is 5.32 Å². The smallest absolute Gasteiger partial charge is 0.233 e. The van der Waals surface area contributed by atoms with Crippen molar-refractivity contribution in [1.82, 2.24) is 4.90 Å². The second-order valence-corrected chi connectivity index (χ2v) is 6.93. The lowest BCUT2D eigenvalue weighted by atomic mass is 9.91. The first kappa shape index (κ1) is 15.8. The zero-order chi connectivity index (χ0) is 16.5. The highest BCUT2D eigenvalue weighted by molar-refractivity contribution is 6.33. The number of morpholine rings is 1. The van der Waals surface area contributed by atoms with Crippen molar-refractivity contribution in [3.8, 4) is 0 Å². The maximum atomic E-state index is 12.5. The van der Waals surface area contributed by atoms with Crippen molar-refractivity contribution in [1.29, 1.82) is 0 Å². The van der Waals surface area contributed by atoms with Crippen molar-refractivity contribution in [3.63, 3.8) is 0 Å². The molecule has 1 atom stereocenters. The molecule has 2 heterocycles. The fourth-order valence-corrected chi connectivity index (χ4v) is 3.62. The summed E-state index contributed by atoms with van der Waals surface area (Å²) in [4.78, 5) is 19.6. The molecule has 24 heavy (non-hydrogen) atoms. The van der Waals surface area contributed by atoms with Crippen LogP contribution in [-0.4, -0.2) is 42.8 Å². The Bertz CT molecular complexity index is 723. The number of fused-ring (bicyclic) bond motifs is 2. The number of benzene rings is 1. The molecule has 1 aromatic rings. The lowest BCUT2D eigenvalue weighted by Gasteiger charge is -2.26. The molecule has 1 aromatic carbocycles. The molecule has 1 aliphatic carbocycles. The van der Waals surface area contributed by atoms with Crippen molar-refractivity contribution in [3.05, 3.63) is 34.9 Å².